The van der Waals surface area contributed by atoms with Crippen molar-refractivity contribution in [2.45, 2.75) is 51.1 Å². The van der Waals surface area contributed by atoms with Crippen molar-refractivity contribution in [3.8, 4) is 0 Å². The minimum Gasteiger partial charge on any atom is -0.370 e. The van der Waals surface area contributed by atoms with Crippen LogP contribution in [0.5, 0.6) is 0 Å². The highest BCUT2D eigenvalue weighted by atomic mass is 127. The van der Waals surface area contributed by atoms with Gasteiger partial charge in [0.05, 0.1) is 11.4 Å². The molecular weight excluding hydrogens is 487 g/mol. The largest absolute Gasteiger partial charge is 0.370 e. The van der Waals surface area contributed by atoms with E-state index in [9.17, 15) is 8.42 Å². The van der Waals surface area contributed by atoms with Crippen LogP contribution in [0.15, 0.2) is 58.4 Å². The van der Waals surface area contributed by atoms with E-state index in [1.165, 1.54) is 5.56 Å². The Kier molecular flexibility index (Phi) is 8.90. The van der Waals surface area contributed by atoms with Crippen LogP contribution in [0.3, 0.4) is 0 Å². The smallest absolute Gasteiger partial charge is 0.241 e. The predicted octanol–water partition coefficient (Wildman–Crippen LogP) is 3.87. The van der Waals surface area contributed by atoms with E-state index >= 15 is 0 Å². The molecule has 0 aromatic heterocycles. The zero-order valence-electron chi connectivity index (χ0n) is 16.7. The molecule has 154 valence electrons. The van der Waals surface area contributed by atoms with Crippen LogP contribution in [0.25, 0.3) is 0 Å². The highest BCUT2D eigenvalue weighted by Crippen LogP contribution is 2.19. The summed E-state index contributed by atoms with van der Waals surface area (Å²) in [6.07, 6.45) is 0.929. The summed E-state index contributed by atoms with van der Waals surface area (Å²) in [5.74, 6) is 0.235. The van der Waals surface area contributed by atoms with Crippen molar-refractivity contribution < 1.29 is 8.42 Å². The molecule has 0 aliphatic heterocycles. The lowest BCUT2D eigenvalue weighted by atomic mass is 10.1. The van der Waals surface area contributed by atoms with Gasteiger partial charge in [0.2, 0.25) is 10.0 Å². The van der Waals surface area contributed by atoms with Crippen LogP contribution in [0.1, 0.15) is 38.8 Å². The Morgan fingerprint density at radius 2 is 1.79 bits per heavy atom. The molecule has 0 amide bonds. The molecule has 2 aromatic carbocycles. The molecule has 0 bridgehead atoms. The van der Waals surface area contributed by atoms with Gasteiger partial charge in [0, 0.05) is 11.2 Å². The van der Waals surface area contributed by atoms with Crippen LogP contribution in [-0.4, -0.2) is 19.9 Å². The van der Waals surface area contributed by atoms with Gasteiger partial charge in [-0.3, -0.25) is 0 Å². The summed E-state index contributed by atoms with van der Waals surface area (Å²) in [7, 11) is -3.64. The van der Waals surface area contributed by atoms with Gasteiger partial charge in [0.25, 0.3) is 0 Å². The fraction of sp³-hybridized carbons (Fsp3) is 0.350. The molecule has 0 aliphatic rings. The van der Waals surface area contributed by atoms with E-state index in [2.05, 4.69) is 22.0 Å². The maximum Gasteiger partial charge on any atom is 0.241 e. The first kappa shape index (κ1) is 24.4. The molecule has 0 heterocycles. The molecule has 28 heavy (non-hydrogen) atoms. The number of rotatable bonds is 6. The number of aliphatic imine (C=N–C) groups is 1. The Morgan fingerprint density at radius 3 is 2.43 bits per heavy atom. The molecule has 4 N–H and O–H groups in total. The van der Waals surface area contributed by atoms with Gasteiger partial charge < -0.3 is 11.1 Å². The van der Waals surface area contributed by atoms with Gasteiger partial charge in [-0.2, -0.15) is 0 Å². The Morgan fingerprint density at radius 1 is 1.11 bits per heavy atom. The molecule has 6 nitrogen and oxygen atoms in total. The number of halogens is 1. The van der Waals surface area contributed by atoms with Crippen molar-refractivity contribution in [3.05, 3.63) is 59.7 Å². The molecule has 0 saturated carbocycles. The molecule has 2 aromatic rings. The number of nitrogens with zero attached hydrogens (tertiary/aromatic N) is 1. The van der Waals surface area contributed by atoms with Crippen molar-refractivity contribution in [1.29, 1.82) is 0 Å². The number of nitrogens with two attached hydrogens (primary N) is 1. The summed E-state index contributed by atoms with van der Waals surface area (Å²) >= 11 is 0. The summed E-state index contributed by atoms with van der Waals surface area (Å²) in [4.78, 5) is 4.52. The van der Waals surface area contributed by atoms with E-state index in [0.717, 1.165) is 12.1 Å². The first-order chi connectivity index (χ1) is 12.6. The third-order valence-corrected chi connectivity index (χ3v) is 5.59. The number of benzene rings is 2. The highest BCUT2D eigenvalue weighted by molar-refractivity contribution is 14.0. The van der Waals surface area contributed by atoms with E-state index in [4.69, 9.17) is 5.73 Å². The van der Waals surface area contributed by atoms with Crippen LogP contribution in [0.4, 0.5) is 5.69 Å². The normalized spacial score (nSPS) is 12.4. The SMILES string of the molecule is CCc1cccc(NC(N)=NCc2ccccc2S(=O)(=O)NC(C)(C)C)c1.I. The zero-order chi connectivity index (χ0) is 20.1. The van der Waals surface area contributed by atoms with Crippen molar-refractivity contribution in [3.63, 3.8) is 0 Å². The van der Waals surface area contributed by atoms with Gasteiger partial charge >= 0.3 is 0 Å². The van der Waals surface area contributed by atoms with E-state index in [0.29, 0.717) is 5.56 Å². The first-order valence-electron chi connectivity index (χ1n) is 8.88. The van der Waals surface area contributed by atoms with Gasteiger partial charge in [-0.05, 0) is 56.5 Å². The summed E-state index contributed by atoms with van der Waals surface area (Å²) in [5.41, 5.74) is 8.04. The second-order valence-electron chi connectivity index (χ2n) is 7.34. The van der Waals surface area contributed by atoms with Crippen LogP contribution < -0.4 is 15.8 Å². The van der Waals surface area contributed by atoms with Crippen LogP contribution >= 0.6 is 24.0 Å². The Balaban J connectivity index is 0.00000392. The number of anilines is 1. The number of hydrogen-bond acceptors (Lipinski definition) is 3. The topological polar surface area (TPSA) is 96.6 Å². The summed E-state index contributed by atoms with van der Waals surface area (Å²) < 4.78 is 28.0. The fourth-order valence-electron chi connectivity index (χ4n) is 2.58. The van der Waals surface area contributed by atoms with Crippen LogP contribution in [0.2, 0.25) is 0 Å². The molecule has 0 saturated heterocycles. The lowest BCUT2D eigenvalue weighted by Gasteiger charge is -2.21. The van der Waals surface area contributed by atoms with Gasteiger partial charge in [-0.25, -0.2) is 18.1 Å². The quantitative estimate of drug-likeness (QED) is 0.309. The van der Waals surface area contributed by atoms with E-state index in [-0.39, 0.29) is 41.4 Å². The van der Waals surface area contributed by atoms with Gasteiger partial charge in [-0.15, -0.1) is 24.0 Å². The van der Waals surface area contributed by atoms with Crippen molar-refractivity contribution in [1.82, 2.24) is 4.72 Å². The molecular formula is C20H29IN4O2S. The molecule has 0 radical (unpaired) electrons. The molecule has 8 heteroatoms. The molecule has 0 unspecified atom stereocenters. The average molecular weight is 516 g/mol. The minimum absolute atomic E-state index is 0. The van der Waals surface area contributed by atoms with Gasteiger partial charge in [0.15, 0.2) is 5.96 Å². The number of nitrogens with one attached hydrogen (secondary N) is 2. The number of guanidine groups is 1. The van der Waals surface area contributed by atoms with Gasteiger partial charge in [-0.1, -0.05) is 37.3 Å². The maximum atomic E-state index is 12.7. The molecule has 0 atom stereocenters. The number of sulfonamides is 1. The lowest BCUT2D eigenvalue weighted by molar-refractivity contribution is 0.491. The summed E-state index contributed by atoms with van der Waals surface area (Å²) in [6, 6.07) is 14.7. The maximum absolute atomic E-state index is 12.7. The summed E-state index contributed by atoms with van der Waals surface area (Å²) in [5, 5.41) is 3.05. The Labute approximate surface area is 185 Å². The first-order valence-corrected chi connectivity index (χ1v) is 10.4. The monoisotopic (exact) mass is 516 g/mol. The molecule has 0 spiro atoms. The molecule has 2 rings (SSSR count). The van der Waals surface area contributed by atoms with E-state index in [1.54, 1.807) is 45.0 Å². The minimum atomic E-state index is -3.64. The van der Waals surface area contributed by atoms with Crippen LogP contribution in [0, 0.1) is 0 Å². The number of hydrogen-bond donors (Lipinski definition) is 3. The van der Waals surface area contributed by atoms with Crippen LogP contribution in [-0.2, 0) is 23.0 Å². The van der Waals surface area contributed by atoms with Gasteiger partial charge in [0.1, 0.15) is 0 Å². The Bertz CT molecular complexity index is 922. The summed E-state index contributed by atoms with van der Waals surface area (Å²) in [6.45, 7) is 7.65. The van der Waals surface area contributed by atoms with Crippen molar-refractivity contribution in [2.24, 2.45) is 10.7 Å². The van der Waals surface area contributed by atoms with E-state index in [1.807, 2.05) is 24.3 Å². The Hall–Kier alpha value is -1.65. The average Bonchev–Trinajstić information content (AvgIpc) is 2.58. The van der Waals surface area contributed by atoms with Crippen molar-refractivity contribution >= 4 is 45.6 Å². The fourth-order valence-corrected chi connectivity index (χ4v) is 4.23. The third kappa shape index (κ3) is 7.40. The predicted molar refractivity (Wildman–Crippen MR) is 127 cm³/mol. The van der Waals surface area contributed by atoms with Crippen molar-refractivity contribution in [2.75, 3.05) is 5.32 Å². The zero-order valence-corrected chi connectivity index (χ0v) is 19.8. The molecule has 0 aliphatic carbocycles. The second kappa shape index (κ2) is 10.2. The second-order valence-corrected chi connectivity index (χ2v) is 8.99. The standard InChI is InChI=1S/C20H28N4O2S.HI/c1-5-15-9-8-11-17(13-15)23-19(21)22-14-16-10-6-7-12-18(16)27(25,26)24-20(2,3)4;/h6-13,24H,5,14H2,1-4H3,(H3,21,22,23);1H. The highest BCUT2D eigenvalue weighted by Gasteiger charge is 2.24. The third-order valence-electron chi connectivity index (χ3n) is 3.73. The van der Waals surface area contributed by atoms with E-state index < -0.39 is 15.6 Å². The molecule has 0 fully saturated rings. The lowest BCUT2D eigenvalue weighted by Crippen LogP contribution is -2.40. The number of aryl methyl sites for hydroxylation is 1.